The van der Waals surface area contributed by atoms with Crippen LogP contribution < -0.4 is 11.1 Å². The molecule has 121 valence electrons. The van der Waals surface area contributed by atoms with Crippen LogP contribution in [0.2, 0.25) is 0 Å². The number of amides is 1. The average Bonchev–Trinajstić information content (AvgIpc) is 2.57. The predicted molar refractivity (Wildman–Crippen MR) is 78.9 cm³/mol. The third-order valence-electron chi connectivity index (χ3n) is 4.41. The normalized spacial score (nSPS) is 31.2. The molecular weight excluding hydrogens is 294 g/mol. The zero-order valence-corrected chi connectivity index (χ0v) is 13.1. The van der Waals surface area contributed by atoms with Gasteiger partial charge >= 0.3 is 0 Å². The van der Waals surface area contributed by atoms with E-state index in [1.807, 2.05) is 4.90 Å². The Labute approximate surface area is 125 Å². The molecule has 2 heterocycles. The topological polar surface area (TPSA) is 113 Å². The Bertz CT molecular complexity index is 492. The Morgan fingerprint density at radius 2 is 2.33 bits per heavy atom. The highest BCUT2D eigenvalue weighted by atomic mass is 32.2. The number of aliphatic hydroxyl groups is 1. The van der Waals surface area contributed by atoms with Crippen molar-refractivity contribution in [1.29, 1.82) is 0 Å². The molecule has 1 radical (unpaired) electrons. The number of nitrogens with two attached hydrogens (primary N) is 1. The van der Waals surface area contributed by atoms with Gasteiger partial charge in [0, 0.05) is 25.4 Å². The maximum Gasteiger partial charge on any atom is 0.237 e. The Morgan fingerprint density at radius 3 is 2.95 bits per heavy atom. The Morgan fingerprint density at radius 1 is 1.62 bits per heavy atom. The first kappa shape index (κ1) is 16.7. The second kappa shape index (κ2) is 6.20. The van der Waals surface area contributed by atoms with Crippen molar-refractivity contribution in [3.8, 4) is 0 Å². The lowest BCUT2D eigenvalue weighted by molar-refractivity contribution is -0.131. The fourth-order valence-electron chi connectivity index (χ4n) is 3.42. The van der Waals surface area contributed by atoms with Crippen molar-refractivity contribution in [2.24, 2.45) is 5.73 Å². The predicted octanol–water partition coefficient (Wildman–Crippen LogP) is -1.37. The lowest BCUT2D eigenvalue weighted by Crippen LogP contribution is -2.60. The number of sulfone groups is 1. The molecule has 21 heavy (non-hydrogen) atoms. The molecule has 0 unspecified atom stereocenters. The quantitative estimate of drug-likeness (QED) is 0.533. The van der Waals surface area contributed by atoms with E-state index in [0.29, 0.717) is 13.0 Å². The highest BCUT2D eigenvalue weighted by Gasteiger charge is 2.52. The Kier molecular flexibility index (Phi) is 4.92. The summed E-state index contributed by atoms with van der Waals surface area (Å²) in [6, 6.07) is 0.246. The fourth-order valence-corrected chi connectivity index (χ4v) is 3.91. The van der Waals surface area contributed by atoms with Crippen molar-refractivity contribution < 1.29 is 18.3 Å². The largest absolute Gasteiger partial charge is 0.390 e. The van der Waals surface area contributed by atoms with Gasteiger partial charge in [0.25, 0.3) is 0 Å². The van der Waals surface area contributed by atoms with Crippen LogP contribution in [0.25, 0.3) is 0 Å². The van der Waals surface area contributed by atoms with Crippen molar-refractivity contribution in [1.82, 2.24) is 10.2 Å². The summed E-state index contributed by atoms with van der Waals surface area (Å²) in [6.45, 7) is 0.507. The summed E-state index contributed by atoms with van der Waals surface area (Å²) in [6.07, 6.45) is 5.67. The van der Waals surface area contributed by atoms with Crippen molar-refractivity contribution in [3.05, 3.63) is 6.42 Å². The van der Waals surface area contributed by atoms with Gasteiger partial charge in [-0.15, -0.1) is 0 Å². The standard InChI is InChI=1S/C13H24N3O4S/c1-21(19,20)9-15-7-11(17)8-16-10-3-2-5-13(16,6-4-10)12(14)18/h2,10-11,15,17H,3-9H2,1H3,(H2,14,18)/t10-,11+,13+/m0/s1. The molecule has 2 fully saturated rings. The molecule has 8 heteroatoms. The molecule has 3 atom stereocenters. The zero-order chi connectivity index (χ0) is 15.7. The number of rotatable bonds is 7. The molecule has 7 nitrogen and oxygen atoms in total. The minimum absolute atomic E-state index is 0.164. The van der Waals surface area contributed by atoms with Crippen LogP contribution in [0.3, 0.4) is 0 Å². The Hall–Kier alpha value is -0.700. The Balaban J connectivity index is 1.93. The number of carbonyl (C=O) groups excluding carboxylic acids is 1. The van der Waals surface area contributed by atoms with E-state index in [1.165, 1.54) is 0 Å². The van der Waals surface area contributed by atoms with Gasteiger partial charge < -0.3 is 16.2 Å². The summed E-state index contributed by atoms with van der Waals surface area (Å²) in [7, 11) is -3.10. The first-order valence-electron chi connectivity index (χ1n) is 7.19. The van der Waals surface area contributed by atoms with E-state index < -0.39 is 21.5 Å². The van der Waals surface area contributed by atoms with Gasteiger partial charge in [-0.25, -0.2) is 8.42 Å². The van der Waals surface area contributed by atoms with E-state index >= 15 is 0 Å². The molecule has 1 amide bonds. The highest BCUT2D eigenvalue weighted by molar-refractivity contribution is 7.90. The molecule has 0 spiro atoms. The van der Waals surface area contributed by atoms with E-state index in [4.69, 9.17) is 5.73 Å². The molecule has 2 bridgehead atoms. The number of piperidine rings is 1. The van der Waals surface area contributed by atoms with Crippen LogP contribution in [0.5, 0.6) is 0 Å². The van der Waals surface area contributed by atoms with Gasteiger partial charge in [0.05, 0.1) is 12.0 Å². The minimum atomic E-state index is -3.10. The van der Waals surface area contributed by atoms with Crippen LogP contribution in [0.4, 0.5) is 0 Å². The van der Waals surface area contributed by atoms with E-state index in [0.717, 1.165) is 25.5 Å². The molecule has 2 aliphatic heterocycles. The zero-order valence-electron chi connectivity index (χ0n) is 12.3. The molecule has 0 aliphatic carbocycles. The van der Waals surface area contributed by atoms with Crippen LogP contribution in [0.1, 0.15) is 25.7 Å². The summed E-state index contributed by atoms with van der Waals surface area (Å²) in [5.41, 5.74) is 4.92. The van der Waals surface area contributed by atoms with Crippen LogP contribution in [-0.2, 0) is 14.6 Å². The van der Waals surface area contributed by atoms with E-state index in [2.05, 4.69) is 11.7 Å². The smallest absolute Gasteiger partial charge is 0.237 e. The molecule has 4 N–H and O–H groups in total. The third kappa shape index (κ3) is 3.74. The van der Waals surface area contributed by atoms with E-state index in [9.17, 15) is 18.3 Å². The van der Waals surface area contributed by atoms with Crippen LogP contribution >= 0.6 is 0 Å². The number of nitrogens with one attached hydrogen (secondary N) is 1. The molecular formula is C13H24N3O4S. The molecule has 2 rings (SSSR count). The molecule has 2 aliphatic rings. The van der Waals surface area contributed by atoms with Crippen LogP contribution in [0.15, 0.2) is 0 Å². The summed E-state index contributed by atoms with van der Waals surface area (Å²) in [5, 5.41) is 12.8. The lowest BCUT2D eigenvalue weighted by atomic mass is 9.87. The van der Waals surface area contributed by atoms with Gasteiger partial charge in [0.2, 0.25) is 5.91 Å². The summed E-state index contributed by atoms with van der Waals surface area (Å²) >= 11 is 0. The summed E-state index contributed by atoms with van der Waals surface area (Å²) in [5.74, 6) is -0.500. The molecule has 2 saturated heterocycles. The van der Waals surface area contributed by atoms with Gasteiger partial charge in [-0.1, -0.05) is 0 Å². The number of hydrogen-bond acceptors (Lipinski definition) is 6. The van der Waals surface area contributed by atoms with Crippen molar-refractivity contribution in [2.75, 3.05) is 25.2 Å². The SMILES string of the molecule is CS(=O)(=O)CNC[C@@H](O)CN1[C@H]2C[CH]C[C@]1(C(N)=O)CC2. The van der Waals surface area contributed by atoms with E-state index in [-0.39, 0.29) is 24.4 Å². The van der Waals surface area contributed by atoms with Gasteiger partial charge in [-0.2, -0.15) is 0 Å². The van der Waals surface area contributed by atoms with Crippen molar-refractivity contribution >= 4 is 15.7 Å². The first-order valence-corrected chi connectivity index (χ1v) is 9.25. The molecule has 0 saturated carbocycles. The van der Waals surface area contributed by atoms with Crippen molar-refractivity contribution in [2.45, 2.75) is 43.4 Å². The average molecular weight is 318 g/mol. The number of β-amino-alcohol motifs (C(OH)–C–C–N with tert-alkyl or cyclic N) is 1. The van der Waals surface area contributed by atoms with E-state index in [1.54, 1.807) is 0 Å². The second-order valence-corrected chi connectivity index (χ2v) is 8.29. The number of hydrogen-bond donors (Lipinski definition) is 3. The number of aliphatic hydroxyl groups excluding tert-OH is 1. The maximum absolute atomic E-state index is 11.9. The maximum atomic E-state index is 11.9. The van der Waals surface area contributed by atoms with Gasteiger partial charge in [-0.05, 0) is 32.1 Å². The van der Waals surface area contributed by atoms with Gasteiger partial charge in [-0.3, -0.25) is 9.69 Å². The van der Waals surface area contributed by atoms with Crippen molar-refractivity contribution in [3.63, 3.8) is 0 Å². The number of primary amides is 1. The molecule has 0 aromatic rings. The molecule has 0 aromatic carbocycles. The fraction of sp³-hybridized carbons (Fsp3) is 0.846. The number of fused-ring (bicyclic) bond motifs is 2. The van der Waals surface area contributed by atoms with Gasteiger partial charge in [0.15, 0.2) is 9.84 Å². The number of carbonyl (C=O) groups is 1. The lowest BCUT2D eigenvalue weighted by Gasteiger charge is -2.43. The minimum Gasteiger partial charge on any atom is -0.390 e. The van der Waals surface area contributed by atoms with Crippen LogP contribution in [0, 0.1) is 6.42 Å². The molecule has 0 aromatic heterocycles. The van der Waals surface area contributed by atoms with Gasteiger partial charge in [0.1, 0.15) is 5.54 Å². The van der Waals surface area contributed by atoms with Crippen LogP contribution in [-0.4, -0.2) is 67.2 Å². The highest BCUT2D eigenvalue weighted by Crippen LogP contribution is 2.43. The summed E-state index contributed by atoms with van der Waals surface area (Å²) < 4.78 is 22.1. The summed E-state index contributed by atoms with van der Waals surface area (Å²) in [4.78, 5) is 13.9. The third-order valence-corrected chi connectivity index (χ3v) is 5.14. The number of nitrogens with zero attached hydrogens (tertiary/aromatic N) is 1. The first-order chi connectivity index (χ1) is 9.74. The second-order valence-electron chi connectivity index (χ2n) is 6.15. The monoisotopic (exact) mass is 318 g/mol.